The van der Waals surface area contributed by atoms with Gasteiger partial charge in [-0.25, -0.2) is 0 Å². The fraction of sp³-hybridized carbons (Fsp3) is 0. The summed E-state index contributed by atoms with van der Waals surface area (Å²) in [6.07, 6.45) is 0. The van der Waals surface area contributed by atoms with Crippen LogP contribution in [-0.2, 0) is 0 Å². The summed E-state index contributed by atoms with van der Waals surface area (Å²) in [4.78, 5) is 2.36. The Labute approximate surface area is 360 Å². The SMILES string of the molecule is c1ccc(-c2ccc(N(c3ccc(-c4ccc5ccc6ccccc6c5c4)cc3)c3ccc(-c4ccc5c6ccc7ccccc7c6n(-c6ccccc6)c5c4)cc3)cc2)cc1. The topological polar surface area (TPSA) is 8.17 Å². The summed E-state index contributed by atoms with van der Waals surface area (Å²) < 4.78 is 2.44. The Bertz CT molecular complexity index is 3590. The van der Waals surface area contributed by atoms with Crippen LogP contribution < -0.4 is 4.90 Å². The minimum absolute atomic E-state index is 1.09. The predicted molar refractivity (Wildman–Crippen MR) is 264 cm³/mol. The first-order valence-corrected chi connectivity index (χ1v) is 21.3. The van der Waals surface area contributed by atoms with Crippen molar-refractivity contribution < 1.29 is 0 Å². The summed E-state index contributed by atoms with van der Waals surface area (Å²) in [5.41, 5.74) is 14.0. The average molecular weight is 789 g/mol. The van der Waals surface area contributed by atoms with Crippen LogP contribution in [0.2, 0.25) is 0 Å². The molecule has 11 aromatic carbocycles. The number of fused-ring (bicyclic) bond motifs is 8. The molecule has 12 aromatic rings. The molecule has 0 spiro atoms. The summed E-state index contributed by atoms with van der Waals surface area (Å²) >= 11 is 0. The zero-order chi connectivity index (χ0) is 41.0. The molecule has 0 saturated carbocycles. The Morgan fingerprint density at radius 2 is 0.677 bits per heavy atom. The van der Waals surface area contributed by atoms with Gasteiger partial charge < -0.3 is 9.47 Å². The molecule has 0 aliphatic rings. The van der Waals surface area contributed by atoms with E-state index >= 15 is 0 Å². The molecule has 0 aliphatic carbocycles. The maximum Gasteiger partial charge on any atom is 0.0619 e. The fourth-order valence-corrected chi connectivity index (χ4v) is 9.47. The third-order valence-corrected chi connectivity index (χ3v) is 12.6. The highest BCUT2D eigenvalue weighted by molar-refractivity contribution is 6.19. The Hall–Kier alpha value is -8.20. The summed E-state index contributed by atoms with van der Waals surface area (Å²) in [6, 6.07) is 88.4. The summed E-state index contributed by atoms with van der Waals surface area (Å²) in [5, 5.41) is 10.1. The number of hydrogen-bond donors (Lipinski definition) is 0. The van der Waals surface area contributed by atoms with Crippen molar-refractivity contribution in [3.05, 3.63) is 243 Å². The molecule has 0 N–H and O–H groups in total. The standard InChI is InChI=1S/C60H40N2/c1-3-11-41(12-4-1)42-23-31-51(32-24-42)61(52-33-25-43(26-34-52)48-22-21-47-20-19-45-13-7-9-17-54(45)58(47)39-48)53-35-27-44(28-36-53)49-30-37-56-57-38-29-46-14-8-10-18-55(46)60(57)62(59(56)40-49)50-15-5-2-6-16-50/h1-40H. The first-order valence-electron chi connectivity index (χ1n) is 21.3. The average Bonchev–Trinajstić information content (AvgIpc) is 3.69. The molecule has 0 saturated heterocycles. The lowest BCUT2D eigenvalue weighted by Gasteiger charge is -2.26. The van der Waals surface area contributed by atoms with Crippen LogP contribution in [0.4, 0.5) is 17.1 Å². The lowest BCUT2D eigenvalue weighted by Crippen LogP contribution is -2.09. The molecule has 290 valence electrons. The minimum atomic E-state index is 1.09. The molecule has 1 heterocycles. The zero-order valence-corrected chi connectivity index (χ0v) is 34.0. The molecule has 2 heteroatoms. The summed E-state index contributed by atoms with van der Waals surface area (Å²) in [6.45, 7) is 0. The summed E-state index contributed by atoms with van der Waals surface area (Å²) in [5.74, 6) is 0. The number of nitrogens with zero attached hydrogens (tertiary/aromatic N) is 2. The Morgan fingerprint density at radius 1 is 0.258 bits per heavy atom. The van der Waals surface area contributed by atoms with E-state index in [4.69, 9.17) is 0 Å². The van der Waals surface area contributed by atoms with E-state index in [1.807, 2.05) is 0 Å². The van der Waals surface area contributed by atoms with Gasteiger partial charge in [0, 0.05) is 38.9 Å². The van der Waals surface area contributed by atoms with Gasteiger partial charge in [0.15, 0.2) is 0 Å². The number of rotatable bonds is 7. The van der Waals surface area contributed by atoms with E-state index in [1.54, 1.807) is 0 Å². The molecule has 0 unspecified atom stereocenters. The van der Waals surface area contributed by atoms with E-state index in [0.717, 1.165) is 22.7 Å². The molecule has 62 heavy (non-hydrogen) atoms. The van der Waals surface area contributed by atoms with Gasteiger partial charge >= 0.3 is 0 Å². The highest BCUT2D eigenvalue weighted by Crippen LogP contribution is 2.41. The van der Waals surface area contributed by atoms with E-state index in [0.29, 0.717) is 0 Å². The van der Waals surface area contributed by atoms with Crippen LogP contribution in [-0.4, -0.2) is 4.57 Å². The van der Waals surface area contributed by atoms with Crippen LogP contribution in [0.25, 0.3) is 93.2 Å². The van der Waals surface area contributed by atoms with Crippen LogP contribution in [0.15, 0.2) is 243 Å². The predicted octanol–water partition coefficient (Wildman–Crippen LogP) is 16.7. The third kappa shape index (κ3) is 6.12. The van der Waals surface area contributed by atoms with Crippen molar-refractivity contribution in [2.45, 2.75) is 0 Å². The van der Waals surface area contributed by atoms with Gasteiger partial charge in [-0.2, -0.15) is 0 Å². The summed E-state index contributed by atoms with van der Waals surface area (Å²) in [7, 11) is 0. The van der Waals surface area contributed by atoms with E-state index in [1.165, 1.54) is 87.5 Å². The zero-order valence-electron chi connectivity index (χ0n) is 34.0. The van der Waals surface area contributed by atoms with Crippen LogP contribution >= 0.6 is 0 Å². The van der Waals surface area contributed by atoms with Gasteiger partial charge in [0.05, 0.1) is 11.0 Å². The second-order valence-corrected chi connectivity index (χ2v) is 16.2. The van der Waals surface area contributed by atoms with Gasteiger partial charge in [-0.1, -0.05) is 182 Å². The van der Waals surface area contributed by atoms with Crippen molar-refractivity contribution in [2.24, 2.45) is 0 Å². The van der Waals surface area contributed by atoms with Crippen molar-refractivity contribution in [1.82, 2.24) is 4.57 Å². The quantitative estimate of drug-likeness (QED) is 0.146. The monoisotopic (exact) mass is 788 g/mol. The molecule has 0 atom stereocenters. The van der Waals surface area contributed by atoms with Gasteiger partial charge in [-0.05, 0) is 121 Å². The largest absolute Gasteiger partial charge is 0.311 e. The number of anilines is 3. The van der Waals surface area contributed by atoms with E-state index in [2.05, 4.69) is 252 Å². The first kappa shape index (κ1) is 35.7. The molecule has 2 nitrogen and oxygen atoms in total. The molecule has 0 aliphatic heterocycles. The van der Waals surface area contributed by atoms with E-state index in [9.17, 15) is 0 Å². The van der Waals surface area contributed by atoms with Crippen molar-refractivity contribution >= 4 is 71.2 Å². The van der Waals surface area contributed by atoms with Gasteiger partial charge in [0.2, 0.25) is 0 Å². The van der Waals surface area contributed by atoms with Crippen LogP contribution in [0.1, 0.15) is 0 Å². The third-order valence-electron chi connectivity index (χ3n) is 12.6. The maximum absolute atomic E-state index is 2.44. The lowest BCUT2D eigenvalue weighted by atomic mass is 9.97. The molecular formula is C60H40N2. The van der Waals surface area contributed by atoms with Gasteiger partial charge in [-0.3, -0.25) is 0 Å². The lowest BCUT2D eigenvalue weighted by molar-refractivity contribution is 1.19. The Kier molecular flexibility index (Phi) is 8.53. The van der Waals surface area contributed by atoms with Gasteiger partial charge in [0.1, 0.15) is 0 Å². The van der Waals surface area contributed by atoms with Crippen molar-refractivity contribution in [3.8, 4) is 39.1 Å². The number of para-hydroxylation sites is 1. The van der Waals surface area contributed by atoms with Crippen LogP contribution in [0.5, 0.6) is 0 Å². The maximum atomic E-state index is 2.44. The van der Waals surface area contributed by atoms with Crippen LogP contribution in [0.3, 0.4) is 0 Å². The van der Waals surface area contributed by atoms with Crippen molar-refractivity contribution in [2.75, 3.05) is 4.90 Å². The van der Waals surface area contributed by atoms with E-state index in [-0.39, 0.29) is 0 Å². The number of aromatic nitrogens is 1. The Balaban J connectivity index is 0.944. The highest BCUT2D eigenvalue weighted by atomic mass is 15.1. The second-order valence-electron chi connectivity index (χ2n) is 16.2. The fourth-order valence-electron chi connectivity index (χ4n) is 9.47. The van der Waals surface area contributed by atoms with Gasteiger partial charge in [0.25, 0.3) is 0 Å². The number of benzene rings is 11. The smallest absolute Gasteiger partial charge is 0.0619 e. The molecule has 0 fully saturated rings. The van der Waals surface area contributed by atoms with Crippen LogP contribution in [0, 0.1) is 0 Å². The molecular weight excluding hydrogens is 749 g/mol. The Morgan fingerprint density at radius 3 is 1.32 bits per heavy atom. The molecule has 1 aromatic heterocycles. The van der Waals surface area contributed by atoms with Crippen molar-refractivity contribution in [1.29, 1.82) is 0 Å². The van der Waals surface area contributed by atoms with Crippen molar-refractivity contribution in [3.63, 3.8) is 0 Å². The molecule has 0 amide bonds. The molecule has 0 bridgehead atoms. The van der Waals surface area contributed by atoms with Gasteiger partial charge in [-0.15, -0.1) is 0 Å². The molecule has 12 rings (SSSR count). The normalized spacial score (nSPS) is 11.5. The van der Waals surface area contributed by atoms with E-state index < -0.39 is 0 Å². The first-order chi connectivity index (χ1) is 30.7. The minimum Gasteiger partial charge on any atom is -0.311 e. The molecule has 0 radical (unpaired) electrons. The number of hydrogen-bond acceptors (Lipinski definition) is 1. The second kappa shape index (κ2) is 14.8. The highest BCUT2D eigenvalue weighted by Gasteiger charge is 2.18.